The number of benzene rings is 1. The van der Waals surface area contributed by atoms with E-state index >= 15 is 0 Å². The van der Waals surface area contributed by atoms with Crippen molar-refractivity contribution in [2.45, 2.75) is 32.9 Å². The van der Waals surface area contributed by atoms with Crippen LogP contribution in [0.1, 0.15) is 26.3 Å². The third kappa shape index (κ3) is 2.96. The first-order valence-electron chi connectivity index (χ1n) is 5.98. The Kier molecular flexibility index (Phi) is 3.48. The molecule has 0 radical (unpaired) electrons. The maximum Gasteiger partial charge on any atom is 0.129 e. The monoisotopic (exact) mass is 247 g/mol. The van der Waals surface area contributed by atoms with Gasteiger partial charge in [-0.05, 0) is 32.9 Å². The molecule has 4 heteroatoms. The minimum absolute atomic E-state index is 0.0471. The molecule has 1 N–H and O–H groups in total. The topological polar surface area (TPSA) is 29.9 Å². The van der Waals surface area contributed by atoms with Crippen molar-refractivity contribution in [2.75, 3.05) is 0 Å². The van der Waals surface area contributed by atoms with Gasteiger partial charge in [-0.2, -0.15) is 0 Å². The van der Waals surface area contributed by atoms with Crippen LogP contribution in [0, 0.1) is 5.82 Å². The number of nitrogens with zero attached hydrogens (tertiary/aromatic N) is 2. The van der Waals surface area contributed by atoms with Gasteiger partial charge in [-0.3, -0.25) is 0 Å². The summed E-state index contributed by atoms with van der Waals surface area (Å²) in [5.74, 6) is -0.196. The summed E-state index contributed by atoms with van der Waals surface area (Å²) in [4.78, 5) is 4.00. The van der Waals surface area contributed by atoms with Gasteiger partial charge in [-0.1, -0.05) is 6.07 Å². The quantitative estimate of drug-likeness (QED) is 0.903. The highest BCUT2D eigenvalue weighted by Crippen LogP contribution is 2.18. The fraction of sp³-hybridized carbons (Fsp3) is 0.357. The zero-order chi connectivity index (χ0) is 13.2. The molecule has 0 aliphatic heterocycles. The third-order valence-corrected chi connectivity index (χ3v) is 2.67. The van der Waals surface area contributed by atoms with E-state index in [9.17, 15) is 4.39 Å². The van der Waals surface area contributed by atoms with Gasteiger partial charge in [0.25, 0.3) is 0 Å². The molecule has 0 fully saturated rings. The highest BCUT2D eigenvalue weighted by Gasteiger charge is 2.14. The van der Waals surface area contributed by atoms with Crippen LogP contribution in [0.25, 0.3) is 5.69 Å². The van der Waals surface area contributed by atoms with E-state index in [1.165, 1.54) is 6.07 Å². The summed E-state index contributed by atoms with van der Waals surface area (Å²) in [5.41, 5.74) is 1.43. The summed E-state index contributed by atoms with van der Waals surface area (Å²) < 4.78 is 15.8. The SMILES string of the molecule is CC(C)(C)NCc1c(F)cccc1-n1ccnc1. The summed E-state index contributed by atoms with van der Waals surface area (Å²) in [7, 11) is 0. The average molecular weight is 247 g/mol. The fourth-order valence-corrected chi connectivity index (χ4v) is 1.72. The molecule has 1 heterocycles. The largest absolute Gasteiger partial charge is 0.308 e. The van der Waals surface area contributed by atoms with E-state index in [1.807, 2.05) is 16.8 Å². The van der Waals surface area contributed by atoms with Crippen molar-refractivity contribution >= 4 is 0 Å². The Hall–Kier alpha value is -1.68. The first-order valence-corrected chi connectivity index (χ1v) is 5.98. The van der Waals surface area contributed by atoms with E-state index in [0.29, 0.717) is 12.1 Å². The zero-order valence-corrected chi connectivity index (χ0v) is 10.9. The first-order chi connectivity index (χ1) is 8.47. The van der Waals surface area contributed by atoms with Crippen LogP contribution in [0.15, 0.2) is 36.9 Å². The first kappa shape index (κ1) is 12.8. The van der Waals surface area contributed by atoms with Crippen molar-refractivity contribution in [3.05, 3.63) is 48.3 Å². The van der Waals surface area contributed by atoms with Crippen molar-refractivity contribution in [3.63, 3.8) is 0 Å². The van der Waals surface area contributed by atoms with Crippen molar-refractivity contribution in [1.29, 1.82) is 0 Å². The lowest BCUT2D eigenvalue weighted by Gasteiger charge is -2.22. The Morgan fingerprint density at radius 2 is 2.11 bits per heavy atom. The molecule has 2 aromatic rings. The van der Waals surface area contributed by atoms with Gasteiger partial charge < -0.3 is 9.88 Å². The maximum absolute atomic E-state index is 13.9. The Morgan fingerprint density at radius 1 is 1.33 bits per heavy atom. The molecule has 0 atom stereocenters. The summed E-state index contributed by atoms with van der Waals surface area (Å²) >= 11 is 0. The minimum atomic E-state index is -0.196. The molecular weight excluding hydrogens is 229 g/mol. The van der Waals surface area contributed by atoms with Crippen LogP contribution in [0.2, 0.25) is 0 Å². The predicted octanol–water partition coefficient (Wildman–Crippen LogP) is 2.90. The Balaban J connectivity index is 2.33. The molecular formula is C14H18FN3. The molecule has 0 saturated carbocycles. The molecule has 0 bridgehead atoms. The van der Waals surface area contributed by atoms with Gasteiger partial charge in [0, 0.05) is 30.0 Å². The molecule has 1 aromatic carbocycles. The van der Waals surface area contributed by atoms with Crippen LogP contribution >= 0.6 is 0 Å². The summed E-state index contributed by atoms with van der Waals surface area (Å²) in [6.07, 6.45) is 5.18. The lowest BCUT2D eigenvalue weighted by Crippen LogP contribution is -2.35. The fourth-order valence-electron chi connectivity index (χ4n) is 1.72. The van der Waals surface area contributed by atoms with Gasteiger partial charge >= 0.3 is 0 Å². The van der Waals surface area contributed by atoms with Gasteiger partial charge in [0.05, 0.1) is 12.0 Å². The second-order valence-electron chi connectivity index (χ2n) is 5.31. The molecule has 0 aliphatic rings. The van der Waals surface area contributed by atoms with E-state index in [4.69, 9.17) is 0 Å². The van der Waals surface area contributed by atoms with Crippen molar-refractivity contribution in [1.82, 2.24) is 14.9 Å². The lowest BCUT2D eigenvalue weighted by atomic mass is 10.1. The van der Waals surface area contributed by atoms with Gasteiger partial charge in [0.2, 0.25) is 0 Å². The van der Waals surface area contributed by atoms with Gasteiger partial charge in [-0.15, -0.1) is 0 Å². The van der Waals surface area contributed by atoms with E-state index < -0.39 is 0 Å². The number of hydrogen-bond donors (Lipinski definition) is 1. The normalized spacial score (nSPS) is 11.8. The van der Waals surface area contributed by atoms with Crippen LogP contribution in [-0.4, -0.2) is 15.1 Å². The molecule has 0 unspecified atom stereocenters. The molecule has 96 valence electrons. The van der Waals surface area contributed by atoms with Gasteiger partial charge in [0.1, 0.15) is 5.82 Å². The smallest absolute Gasteiger partial charge is 0.129 e. The van der Waals surface area contributed by atoms with E-state index in [1.54, 1.807) is 18.6 Å². The molecule has 3 nitrogen and oxygen atoms in total. The van der Waals surface area contributed by atoms with Gasteiger partial charge in [0.15, 0.2) is 0 Å². The van der Waals surface area contributed by atoms with Crippen LogP contribution in [0.3, 0.4) is 0 Å². The Bertz CT molecular complexity index is 512. The lowest BCUT2D eigenvalue weighted by molar-refractivity contribution is 0.418. The summed E-state index contributed by atoms with van der Waals surface area (Å²) in [6.45, 7) is 6.67. The second kappa shape index (κ2) is 4.90. The number of halogens is 1. The standard InChI is InChI=1S/C14H18FN3/c1-14(2,3)17-9-11-12(15)5-4-6-13(11)18-8-7-16-10-18/h4-8,10,17H,9H2,1-3H3. The van der Waals surface area contributed by atoms with Crippen LogP contribution in [-0.2, 0) is 6.54 Å². The van der Waals surface area contributed by atoms with E-state index in [0.717, 1.165) is 5.69 Å². The molecule has 2 rings (SSSR count). The summed E-state index contributed by atoms with van der Waals surface area (Å²) in [6, 6.07) is 5.09. The van der Waals surface area contributed by atoms with Crippen molar-refractivity contribution < 1.29 is 4.39 Å². The second-order valence-corrected chi connectivity index (χ2v) is 5.31. The van der Waals surface area contributed by atoms with Crippen LogP contribution in [0.5, 0.6) is 0 Å². The Morgan fingerprint density at radius 3 is 2.72 bits per heavy atom. The van der Waals surface area contributed by atoms with E-state index in [-0.39, 0.29) is 11.4 Å². The molecule has 0 amide bonds. The number of hydrogen-bond acceptors (Lipinski definition) is 2. The van der Waals surface area contributed by atoms with Crippen molar-refractivity contribution in [2.24, 2.45) is 0 Å². The van der Waals surface area contributed by atoms with E-state index in [2.05, 4.69) is 31.1 Å². The third-order valence-electron chi connectivity index (χ3n) is 2.67. The highest BCUT2D eigenvalue weighted by atomic mass is 19.1. The van der Waals surface area contributed by atoms with Crippen molar-refractivity contribution in [3.8, 4) is 5.69 Å². The maximum atomic E-state index is 13.9. The molecule has 0 saturated heterocycles. The molecule has 0 spiro atoms. The van der Waals surface area contributed by atoms with Gasteiger partial charge in [-0.25, -0.2) is 9.37 Å². The number of nitrogens with one attached hydrogen (secondary N) is 1. The van der Waals surface area contributed by atoms with Crippen LogP contribution < -0.4 is 5.32 Å². The Labute approximate surface area is 107 Å². The minimum Gasteiger partial charge on any atom is -0.308 e. The zero-order valence-electron chi connectivity index (χ0n) is 10.9. The number of rotatable bonds is 3. The molecule has 0 aliphatic carbocycles. The number of aromatic nitrogens is 2. The van der Waals surface area contributed by atoms with Crippen LogP contribution in [0.4, 0.5) is 4.39 Å². The average Bonchev–Trinajstić information content (AvgIpc) is 2.79. The predicted molar refractivity (Wildman–Crippen MR) is 70.1 cm³/mol. The highest BCUT2D eigenvalue weighted by molar-refractivity contribution is 5.41. The summed E-state index contributed by atoms with van der Waals surface area (Å²) in [5, 5.41) is 3.31. The molecule has 1 aromatic heterocycles. The number of imidazole rings is 1. The molecule has 18 heavy (non-hydrogen) atoms.